The molecule has 2 rings (SSSR count). The molecule has 1 aromatic carbocycles. The van der Waals surface area contributed by atoms with Gasteiger partial charge in [-0.05, 0) is 49.7 Å². The summed E-state index contributed by atoms with van der Waals surface area (Å²) in [4.78, 5) is 11.9. The van der Waals surface area contributed by atoms with E-state index < -0.39 is 20.0 Å². The van der Waals surface area contributed by atoms with Crippen molar-refractivity contribution >= 4 is 20.4 Å². The first kappa shape index (κ1) is 19.7. The van der Waals surface area contributed by atoms with E-state index in [1.54, 1.807) is 6.92 Å². The van der Waals surface area contributed by atoms with Gasteiger partial charge in [-0.2, -0.15) is 0 Å². The minimum Gasteiger partial charge on any atom is -0.451 e. The van der Waals surface area contributed by atoms with Crippen LogP contribution in [0.5, 0.6) is 0 Å². The maximum atomic E-state index is 11.9. The maximum Gasteiger partial charge on any atom is 0.334 e. The number of benzene rings is 1. The molecule has 2 atom stereocenters. The number of hydrogen-bond acceptors (Lipinski definition) is 3. The van der Waals surface area contributed by atoms with Gasteiger partial charge in [-0.25, -0.2) is 4.79 Å². The molecule has 3 nitrogen and oxygen atoms in total. The quantitative estimate of drug-likeness (QED) is 0.525. The number of esters is 1. The van der Waals surface area contributed by atoms with Crippen molar-refractivity contribution in [3.05, 3.63) is 53.6 Å². The van der Waals surface area contributed by atoms with Gasteiger partial charge in [0, 0.05) is 5.57 Å². The van der Waals surface area contributed by atoms with E-state index in [4.69, 9.17) is 9.16 Å². The van der Waals surface area contributed by atoms with Crippen molar-refractivity contribution in [2.75, 3.05) is 0 Å². The first-order valence-electron chi connectivity index (χ1n) is 8.78. The summed E-state index contributed by atoms with van der Waals surface area (Å²) in [7, 11) is -2.06. The number of hydrogen-bond donors (Lipinski definition) is 0. The van der Waals surface area contributed by atoms with Crippen LogP contribution >= 0.6 is 0 Å². The molecule has 0 fully saturated rings. The topological polar surface area (TPSA) is 35.5 Å². The van der Waals surface area contributed by atoms with E-state index in [-0.39, 0.29) is 11.0 Å². The van der Waals surface area contributed by atoms with Crippen molar-refractivity contribution < 1.29 is 14.0 Å². The Morgan fingerprint density at radius 2 is 1.72 bits per heavy atom. The normalized spacial score (nSPS) is 21.2. The predicted molar refractivity (Wildman–Crippen MR) is 106 cm³/mol. The summed E-state index contributed by atoms with van der Waals surface area (Å²) in [5.74, 6) is -0.261. The van der Waals surface area contributed by atoms with Crippen molar-refractivity contribution in [3.8, 4) is 0 Å². The third kappa shape index (κ3) is 4.50. The van der Waals surface area contributed by atoms with Gasteiger partial charge in [-0.3, -0.25) is 0 Å². The van der Waals surface area contributed by atoms with Gasteiger partial charge in [0.05, 0.1) is 0 Å². The van der Waals surface area contributed by atoms with Crippen molar-refractivity contribution in [2.45, 2.75) is 64.5 Å². The molecule has 1 heterocycles. The van der Waals surface area contributed by atoms with Gasteiger partial charge >= 0.3 is 5.97 Å². The van der Waals surface area contributed by atoms with E-state index in [9.17, 15) is 4.79 Å². The Labute approximate surface area is 152 Å². The van der Waals surface area contributed by atoms with Crippen LogP contribution in [-0.2, 0) is 14.0 Å². The molecule has 1 aromatic rings. The Kier molecular flexibility index (Phi) is 5.45. The highest BCUT2D eigenvalue weighted by molar-refractivity contribution is 6.74. The molecule has 0 N–H and O–H groups in total. The average Bonchev–Trinajstić information content (AvgIpc) is 2.85. The second-order valence-electron chi connectivity index (χ2n) is 8.47. The fraction of sp³-hybridized carbons (Fsp3) is 0.476. The minimum atomic E-state index is -2.06. The molecule has 4 heteroatoms. The van der Waals surface area contributed by atoms with E-state index >= 15 is 0 Å². The number of carbonyl (C=O) groups is 1. The fourth-order valence-electron chi connectivity index (χ4n) is 2.54. The smallest absolute Gasteiger partial charge is 0.334 e. The van der Waals surface area contributed by atoms with Gasteiger partial charge in [0.1, 0.15) is 5.60 Å². The molecule has 136 valence electrons. The lowest BCUT2D eigenvalue weighted by Crippen LogP contribution is -2.52. The Hall–Kier alpha value is -1.65. The first-order chi connectivity index (χ1) is 11.4. The standard InChI is InChI=1S/C21H30O3Si/c1-16-15-18(23-19(16)22)21(5,24-25(6,7)20(2,3)4)14-13-17-11-9-8-10-12-17/h8-15,18H,1-7H3/b14-13+. The van der Waals surface area contributed by atoms with Crippen LogP contribution < -0.4 is 0 Å². The van der Waals surface area contributed by atoms with E-state index in [2.05, 4.69) is 33.9 Å². The van der Waals surface area contributed by atoms with Crippen LogP contribution in [0, 0.1) is 0 Å². The molecule has 2 unspecified atom stereocenters. The summed E-state index contributed by atoms with van der Waals surface area (Å²) >= 11 is 0. The van der Waals surface area contributed by atoms with Gasteiger partial charge in [0.2, 0.25) is 0 Å². The van der Waals surface area contributed by atoms with Crippen LogP contribution in [0.4, 0.5) is 0 Å². The molecule has 1 aliphatic heterocycles. The van der Waals surface area contributed by atoms with Crippen LogP contribution in [-0.4, -0.2) is 26.0 Å². The maximum absolute atomic E-state index is 11.9. The molecule has 0 spiro atoms. The van der Waals surface area contributed by atoms with Crippen molar-refractivity contribution in [2.24, 2.45) is 0 Å². The van der Waals surface area contributed by atoms with Crippen LogP contribution in [0.1, 0.15) is 40.2 Å². The Balaban J connectivity index is 2.38. The average molecular weight is 359 g/mol. The van der Waals surface area contributed by atoms with E-state index in [0.717, 1.165) is 5.56 Å². The Bertz CT molecular complexity index is 683. The molecule has 25 heavy (non-hydrogen) atoms. The zero-order chi connectivity index (χ0) is 18.9. The number of ether oxygens (including phenoxy) is 1. The van der Waals surface area contributed by atoms with Gasteiger partial charge in [0.25, 0.3) is 0 Å². The fourth-order valence-corrected chi connectivity index (χ4v) is 4.13. The summed E-state index contributed by atoms with van der Waals surface area (Å²) in [5.41, 5.74) is 1.03. The number of cyclic esters (lactones) is 1. The summed E-state index contributed by atoms with van der Waals surface area (Å²) in [6.45, 7) is 14.9. The predicted octanol–water partition coefficient (Wildman–Crippen LogP) is 5.35. The van der Waals surface area contributed by atoms with E-state index in [1.807, 2.05) is 55.5 Å². The van der Waals surface area contributed by atoms with E-state index in [0.29, 0.717) is 5.57 Å². The van der Waals surface area contributed by atoms with Gasteiger partial charge < -0.3 is 9.16 Å². The van der Waals surface area contributed by atoms with Crippen LogP contribution in [0.3, 0.4) is 0 Å². The molecule has 0 amide bonds. The second kappa shape index (κ2) is 6.93. The van der Waals surface area contributed by atoms with Gasteiger partial charge in [0.15, 0.2) is 14.4 Å². The third-order valence-corrected chi connectivity index (χ3v) is 9.77. The molecular weight excluding hydrogens is 328 g/mol. The third-order valence-electron chi connectivity index (χ3n) is 5.21. The minimum absolute atomic E-state index is 0.0657. The lowest BCUT2D eigenvalue weighted by atomic mass is 9.97. The SMILES string of the molecule is CC1=CC(C(C)(/C=C/c2ccccc2)O[Si](C)(C)C(C)(C)C)OC1=O. The summed E-state index contributed by atoms with van der Waals surface area (Å²) in [6, 6.07) is 10.1. The van der Waals surface area contributed by atoms with Crippen molar-refractivity contribution in [3.63, 3.8) is 0 Å². The monoisotopic (exact) mass is 358 g/mol. The number of rotatable bonds is 5. The lowest BCUT2D eigenvalue weighted by Gasteiger charge is -2.44. The summed E-state index contributed by atoms with van der Waals surface area (Å²) in [5, 5.41) is 0.0657. The van der Waals surface area contributed by atoms with Crippen LogP contribution in [0.2, 0.25) is 18.1 Å². The summed E-state index contributed by atoms with van der Waals surface area (Å²) in [6.07, 6.45) is 5.55. The molecule has 0 aliphatic carbocycles. The van der Waals surface area contributed by atoms with E-state index in [1.165, 1.54) is 0 Å². The highest BCUT2D eigenvalue weighted by atomic mass is 28.4. The molecular formula is C21H30O3Si. The lowest BCUT2D eigenvalue weighted by molar-refractivity contribution is -0.145. The van der Waals surface area contributed by atoms with Crippen molar-refractivity contribution in [1.82, 2.24) is 0 Å². The Morgan fingerprint density at radius 3 is 2.20 bits per heavy atom. The molecule has 1 aliphatic rings. The van der Waals surface area contributed by atoms with Gasteiger partial charge in [-0.1, -0.05) is 57.2 Å². The molecule has 0 bridgehead atoms. The van der Waals surface area contributed by atoms with Gasteiger partial charge in [-0.15, -0.1) is 0 Å². The molecule has 0 saturated carbocycles. The molecule has 0 radical (unpaired) electrons. The van der Waals surface area contributed by atoms with Crippen LogP contribution in [0.15, 0.2) is 48.1 Å². The largest absolute Gasteiger partial charge is 0.451 e. The molecule has 0 saturated heterocycles. The first-order valence-corrected chi connectivity index (χ1v) is 11.7. The zero-order valence-corrected chi connectivity index (χ0v) is 17.4. The highest BCUT2D eigenvalue weighted by Gasteiger charge is 2.47. The number of carbonyl (C=O) groups excluding carboxylic acids is 1. The molecule has 0 aromatic heterocycles. The zero-order valence-electron chi connectivity index (χ0n) is 16.4. The Morgan fingerprint density at radius 1 is 1.12 bits per heavy atom. The van der Waals surface area contributed by atoms with Crippen LogP contribution in [0.25, 0.3) is 6.08 Å². The second-order valence-corrected chi connectivity index (χ2v) is 13.2. The van der Waals surface area contributed by atoms with Crippen molar-refractivity contribution in [1.29, 1.82) is 0 Å². The summed E-state index contributed by atoms with van der Waals surface area (Å²) < 4.78 is 12.3. The highest BCUT2D eigenvalue weighted by Crippen LogP contribution is 2.41.